The second kappa shape index (κ2) is 4.63. The number of hydrogen-bond acceptors (Lipinski definition) is 5. The largest absolute Gasteiger partial charge is 0.461 e. The van der Waals surface area contributed by atoms with Crippen LogP contribution in [0.2, 0.25) is 0 Å². The van der Waals surface area contributed by atoms with Crippen LogP contribution in [-0.2, 0) is 4.74 Å². The number of anilines is 1. The van der Waals surface area contributed by atoms with E-state index in [9.17, 15) is 4.79 Å². The number of fused-ring (bicyclic) bond motifs is 2. The molecule has 0 saturated heterocycles. The van der Waals surface area contributed by atoms with E-state index in [-0.39, 0.29) is 5.69 Å². The molecule has 0 aromatic carbocycles. The Balaban J connectivity index is 1.62. The third kappa shape index (κ3) is 2.09. The third-order valence-electron chi connectivity index (χ3n) is 4.04. The smallest absolute Gasteiger partial charge is 0.360 e. The van der Waals surface area contributed by atoms with Crippen LogP contribution in [0.3, 0.4) is 0 Å². The molecule has 2 bridgehead atoms. The van der Waals surface area contributed by atoms with Gasteiger partial charge in [0.25, 0.3) is 6.01 Å². The maximum atomic E-state index is 11.5. The molecule has 5 nitrogen and oxygen atoms in total. The van der Waals surface area contributed by atoms with Crippen LogP contribution in [0, 0.1) is 11.8 Å². The van der Waals surface area contributed by atoms with E-state index in [1.807, 2.05) is 0 Å². The number of aromatic nitrogens is 1. The lowest BCUT2D eigenvalue weighted by Crippen LogP contribution is -2.26. The first-order valence-electron chi connectivity index (χ1n) is 6.65. The number of hydrogen-bond donors (Lipinski definition) is 1. The molecule has 3 unspecified atom stereocenters. The second-order valence-electron chi connectivity index (χ2n) is 5.18. The number of nitrogens with one attached hydrogen (secondary N) is 1. The number of ether oxygens (including phenoxy) is 1. The Hall–Kier alpha value is -1.52. The minimum absolute atomic E-state index is 0.238. The number of carbonyl (C=O) groups is 1. The van der Waals surface area contributed by atoms with Gasteiger partial charge in [-0.25, -0.2) is 4.79 Å². The predicted octanol–water partition coefficient (Wildman–Crippen LogP) is 2.45. The maximum absolute atomic E-state index is 11.5. The number of rotatable bonds is 4. The summed E-state index contributed by atoms with van der Waals surface area (Å²) in [5.74, 6) is 1.18. The highest BCUT2D eigenvalue weighted by Gasteiger charge is 2.40. The Kier molecular flexibility index (Phi) is 2.97. The Labute approximate surface area is 106 Å². The van der Waals surface area contributed by atoms with Crippen molar-refractivity contribution < 1.29 is 13.9 Å². The maximum Gasteiger partial charge on any atom is 0.360 e. The molecule has 1 aromatic heterocycles. The molecule has 0 radical (unpaired) electrons. The second-order valence-corrected chi connectivity index (χ2v) is 5.18. The van der Waals surface area contributed by atoms with Crippen LogP contribution in [0.4, 0.5) is 6.01 Å². The van der Waals surface area contributed by atoms with Gasteiger partial charge in [-0.05, 0) is 38.0 Å². The van der Waals surface area contributed by atoms with Gasteiger partial charge in [-0.1, -0.05) is 6.42 Å². The van der Waals surface area contributed by atoms with E-state index in [4.69, 9.17) is 9.15 Å². The Morgan fingerprint density at radius 1 is 1.56 bits per heavy atom. The predicted molar refractivity (Wildman–Crippen MR) is 65.3 cm³/mol. The van der Waals surface area contributed by atoms with Crippen LogP contribution in [0.5, 0.6) is 0 Å². The number of esters is 1. The Bertz CT molecular complexity index is 443. The van der Waals surface area contributed by atoms with Gasteiger partial charge in [-0.3, -0.25) is 0 Å². The first-order chi connectivity index (χ1) is 8.76. The van der Waals surface area contributed by atoms with Gasteiger partial charge in [0, 0.05) is 6.04 Å². The van der Waals surface area contributed by atoms with Crippen LogP contribution >= 0.6 is 0 Å². The fourth-order valence-electron chi connectivity index (χ4n) is 3.22. The van der Waals surface area contributed by atoms with Crippen molar-refractivity contribution in [3.8, 4) is 0 Å². The summed E-state index contributed by atoms with van der Waals surface area (Å²) in [4.78, 5) is 15.6. The standard InChI is InChI=1S/C13H18N2O3/c1-2-17-12(16)11-7-18-13(15-11)14-10-6-8-3-4-9(10)5-8/h7-10H,2-6H2,1H3,(H,14,15). The van der Waals surface area contributed by atoms with Gasteiger partial charge in [0.2, 0.25) is 0 Å². The summed E-state index contributed by atoms with van der Waals surface area (Å²) >= 11 is 0. The van der Waals surface area contributed by atoms with E-state index in [1.165, 1.54) is 31.9 Å². The molecule has 1 aromatic rings. The van der Waals surface area contributed by atoms with Crippen molar-refractivity contribution in [2.45, 2.75) is 38.6 Å². The molecule has 5 heteroatoms. The van der Waals surface area contributed by atoms with E-state index in [2.05, 4.69) is 10.3 Å². The van der Waals surface area contributed by atoms with Gasteiger partial charge in [-0.15, -0.1) is 0 Å². The quantitative estimate of drug-likeness (QED) is 0.831. The summed E-state index contributed by atoms with van der Waals surface area (Å²) in [6.45, 7) is 2.12. The Morgan fingerprint density at radius 2 is 2.44 bits per heavy atom. The third-order valence-corrected chi connectivity index (χ3v) is 4.04. The van der Waals surface area contributed by atoms with Gasteiger partial charge < -0.3 is 14.5 Å². The average molecular weight is 250 g/mol. The van der Waals surface area contributed by atoms with Gasteiger partial charge in [0.15, 0.2) is 5.69 Å². The molecule has 2 aliphatic carbocycles. The van der Waals surface area contributed by atoms with Crippen LogP contribution in [0.15, 0.2) is 10.7 Å². The molecule has 18 heavy (non-hydrogen) atoms. The SMILES string of the molecule is CCOC(=O)c1coc(NC2CC3CCC2C3)n1. The van der Waals surface area contributed by atoms with Gasteiger partial charge in [0.1, 0.15) is 6.26 Å². The molecule has 0 amide bonds. The molecule has 1 N–H and O–H groups in total. The zero-order chi connectivity index (χ0) is 12.5. The molecule has 0 spiro atoms. The fraction of sp³-hybridized carbons (Fsp3) is 0.692. The van der Waals surface area contributed by atoms with Crippen LogP contribution in [-0.4, -0.2) is 23.6 Å². The average Bonchev–Trinajstić information content (AvgIpc) is 3.04. The van der Waals surface area contributed by atoms with Gasteiger partial charge >= 0.3 is 5.97 Å². The topological polar surface area (TPSA) is 64.4 Å². The number of nitrogens with zero attached hydrogens (tertiary/aromatic N) is 1. The van der Waals surface area contributed by atoms with E-state index in [0.29, 0.717) is 18.7 Å². The van der Waals surface area contributed by atoms with E-state index in [1.54, 1.807) is 6.92 Å². The van der Waals surface area contributed by atoms with E-state index >= 15 is 0 Å². The normalized spacial score (nSPS) is 29.5. The lowest BCUT2D eigenvalue weighted by atomic mass is 9.96. The van der Waals surface area contributed by atoms with Gasteiger partial charge in [0.05, 0.1) is 6.61 Å². The van der Waals surface area contributed by atoms with Crippen LogP contribution in [0.25, 0.3) is 0 Å². The fourth-order valence-corrected chi connectivity index (χ4v) is 3.22. The summed E-state index contributed by atoms with van der Waals surface area (Å²) in [6.07, 6.45) is 6.54. The molecule has 2 aliphatic rings. The van der Waals surface area contributed by atoms with Crippen molar-refractivity contribution in [1.82, 2.24) is 4.98 Å². The van der Waals surface area contributed by atoms with E-state index < -0.39 is 5.97 Å². The Morgan fingerprint density at radius 3 is 3.11 bits per heavy atom. The summed E-state index contributed by atoms with van der Waals surface area (Å²) in [6, 6.07) is 0.896. The molecule has 3 atom stereocenters. The van der Waals surface area contributed by atoms with Crippen molar-refractivity contribution in [3.05, 3.63) is 12.0 Å². The minimum atomic E-state index is -0.428. The number of oxazole rings is 1. The summed E-state index contributed by atoms with van der Waals surface area (Å²) < 4.78 is 10.2. The molecule has 98 valence electrons. The van der Waals surface area contributed by atoms with Crippen LogP contribution in [0.1, 0.15) is 43.1 Å². The lowest BCUT2D eigenvalue weighted by Gasteiger charge is -2.21. The summed E-state index contributed by atoms with van der Waals surface area (Å²) in [5, 5.41) is 3.30. The van der Waals surface area contributed by atoms with Crippen LogP contribution < -0.4 is 5.32 Å². The molecular formula is C13H18N2O3. The first kappa shape index (κ1) is 11.6. The van der Waals surface area contributed by atoms with E-state index in [0.717, 1.165) is 11.8 Å². The molecule has 2 saturated carbocycles. The first-order valence-corrected chi connectivity index (χ1v) is 6.65. The molecular weight excluding hydrogens is 232 g/mol. The van der Waals surface area contributed by atoms with Crippen molar-refractivity contribution in [2.75, 3.05) is 11.9 Å². The summed E-state index contributed by atoms with van der Waals surface area (Å²) in [7, 11) is 0. The molecule has 0 aliphatic heterocycles. The highest BCUT2D eigenvalue weighted by Crippen LogP contribution is 2.45. The molecule has 3 rings (SSSR count). The monoisotopic (exact) mass is 250 g/mol. The highest BCUT2D eigenvalue weighted by molar-refractivity contribution is 5.87. The molecule has 1 heterocycles. The number of carbonyl (C=O) groups excluding carboxylic acids is 1. The lowest BCUT2D eigenvalue weighted by molar-refractivity contribution is 0.0519. The summed E-state index contributed by atoms with van der Waals surface area (Å²) in [5.41, 5.74) is 0.238. The zero-order valence-electron chi connectivity index (χ0n) is 10.5. The molecule has 2 fully saturated rings. The van der Waals surface area contributed by atoms with Gasteiger partial charge in [-0.2, -0.15) is 4.98 Å². The van der Waals surface area contributed by atoms with Crippen molar-refractivity contribution in [2.24, 2.45) is 11.8 Å². The highest BCUT2D eigenvalue weighted by atomic mass is 16.5. The van der Waals surface area contributed by atoms with Crippen molar-refractivity contribution in [1.29, 1.82) is 0 Å². The minimum Gasteiger partial charge on any atom is -0.461 e. The van der Waals surface area contributed by atoms with Crippen molar-refractivity contribution >= 4 is 12.0 Å². The van der Waals surface area contributed by atoms with Crippen molar-refractivity contribution in [3.63, 3.8) is 0 Å². The zero-order valence-corrected chi connectivity index (χ0v) is 10.5.